The lowest BCUT2D eigenvalue weighted by molar-refractivity contribution is 0.0748. The molecule has 7 nitrogen and oxygen atoms in total. The van der Waals surface area contributed by atoms with Gasteiger partial charge in [-0.05, 0) is 48.5 Å². The molecule has 0 saturated carbocycles. The maximum atomic E-state index is 13.2. The summed E-state index contributed by atoms with van der Waals surface area (Å²) in [4.78, 5) is 16.7. The maximum Gasteiger partial charge on any atom is 0.261 e. The summed E-state index contributed by atoms with van der Waals surface area (Å²) in [5.74, 6) is -0.644. The Morgan fingerprint density at radius 1 is 0.875 bits per heavy atom. The Balaban J connectivity index is 1.50. The molecule has 3 aromatic carbocycles. The van der Waals surface area contributed by atoms with E-state index in [1.165, 1.54) is 18.2 Å². The lowest BCUT2D eigenvalue weighted by Crippen LogP contribution is -2.49. The van der Waals surface area contributed by atoms with E-state index in [0.29, 0.717) is 31.9 Å². The van der Waals surface area contributed by atoms with Gasteiger partial charge in [0, 0.05) is 26.2 Å². The first-order valence-corrected chi connectivity index (χ1v) is 11.5. The highest BCUT2D eigenvalue weighted by molar-refractivity contribution is 7.92. The van der Waals surface area contributed by atoms with Crippen LogP contribution in [0.1, 0.15) is 10.4 Å². The van der Waals surface area contributed by atoms with Crippen LogP contribution in [0.4, 0.5) is 15.8 Å². The summed E-state index contributed by atoms with van der Waals surface area (Å²) in [6.07, 6.45) is 0. The number of aromatic hydroxyl groups is 1. The molecule has 2 N–H and O–H groups in total. The average molecular weight is 456 g/mol. The lowest BCUT2D eigenvalue weighted by atomic mass is 10.1. The molecule has 1 saturated heterocycles. The van der Waals surface area contributed by atoms with E-state index in [9.17, 15) is 22.7 Å². The topological polar surface area (TPSA) is 90.0 Å². The molecule has 0 aromatic heterocycles. The van der Waals surface area contributed by atoms with Crippen molar-refractivity contribution in [3.63, 3.8) is 0 Å². The van der Waals surface area contributed by atoms with Crippen molar-refractivity contribution in [2.75, 3.05) is 35.8 Å². The van der Waals surface area contributed by atoms with Crippen LogP contribution in [0.15, 0.2) is 77.7 Å². The fourth-order valence-corrected chi connectivity index (χ4v) is 4.71. The van der Waals surface area contributed by atoms with E-state index in [0.717, 1.165) is 12.1 Å². The summed E-state index contributed by atoms with van der Waals surface area (Å²) >= 11 is 0. The first kappa shape index (κ1) is 21.6. The molecule has 3 aromatic rings. The van der Waals surface area contributed by atoms with Crippen molar-refractivity contribution in [3.8, 4) is 5.75 Å². The molecule has 0 spiro atoms. The van der Waals surface area contributed by atoms with Gasteiger partial charge in [0.1, 0.15) is 11.6 Å². The van der Waals surface area contributed by atoms with E-state index in [4.69, 9.17) is 0 Å². The number of nitrogens with one attached hydrogen (secondary N) is 1. The minimum atomic E-state index is -3.99. The van der Waals surface area contributed by atoms with Crippen LogP contribution in [0.25, 0.3) is 0 Å². The zero-order valence-corrected chi connectivity index (χ0v) is 17.9. The van der Waals surface area contributed by atoms with Crippen LogP contribution in [-0.4, -0.2) is 50.5 Å². The molecule has 1 aliphatic heterocycles. The van der Waals surface area contributed by atoms with Gasteiger partial charge in [0.05, 0.1) is 21.8 Å². The molecule has 9 heteroatoms. The van der Waals surface area contributed by atoms with Crippen LogP contribution in [-0.2, 0) is 10.0 Å². The van der Waals surface area contributed by atoms with Crippen molar-refractivity contribution in [2.45, 2.75) is 4.90 Å². The third-order valence-corrected chi connectivity index (χ3v) is 6.70. The maximum absolute atomic E-state index is 13.2. The number of para-hydroxylation sites is 3. The van der Waals surface area contributed by atoms with Gasteiger partial charge in [-0.15, -0.1) is 0 Å². The van der Waals surface area contributed by atoms with E-state index in [1.54, 1.807) is 35.2 Å². The van der Waals surface area contributed by atoms with Crippen molar-refractivity contribution >= 4 is 27.3 Å². The Bertz CT molecular complexity index is 1220. The van der Waals surface area contributed by atoms with Gasteiger partial charge in [-0.1, -0.05) is 24.3 Å². The number of benzene rings is 3. The molecule has 0 aliphatic carbocycles. The van der Waals surface area contributed by atoms with Crippen molar-refractivity contribution in [3.05, 3.63) is 84.2 Å². The first-order valence-electron chi connectivity index (χ1n) is 10.0. The van der Waals surface area contributed by atoms with Crippen molar-refractivity contribution in [1.82, 2.24) is 4.90 Å². The van der Waals surface area contributed by atoms with Gasteiger partial charge in [0.15, 0.2) is 0 Å². The zero-order valence-electron chi connectivity index (χ0n) is 17.1. The molecule has 0 radical (unpaired) electrons. The number of anilines is 2. The average Bonchev–Trinajstić information content (AvgIpc) is 2.79. The Hall–Kier alpha value is -3.59. The second kappa shape index (κ2) is 8.88. The Morgan fingerprint density at radius 3 is 2.19 bits per heavy atom. The van der Waals surface area contributed by atoms with Crippen LogP contribution in [0.2, 0.25) is 0 Å². The molecule has 1 heterocycles. The molecule has 0 atom stereocenters. The summed E-state index contributed by atoms with van der Waals surface area (Å²) < 4.78 is 41.0. The monoisotopic (exact) mass is 455 g/mol. The zero-order chi connectivity index (χ0) is 22.7. The molecule has 4 rings (SSSR count). The number of carbonyl (C=O) groups is 1. The van der Waals surface area contributed by atoms with E-state index in [-0.39, 0.29) is 27.8 Å². The summed E-state index contributed by atoms with van der Waals surface area (Å²) in [7, 11) is -3.99. The van der Waals surface area contributed by atoms with Crippen molar-refractivity contribution in [1.29, 1.82) is 0 Å². The molecule has 1 aliphatic rings. The van der Waals surface area contributed by atoms with Gasteiger partial charge in [0.2, 0.25) is 0 Å². The van der Waals surface area contributed by atoms with Gasteiger partial charge < -0.3 is 14.9 Å². The second-order valence-electron chi connectivity index (χ2n) is 7.37. The van der Waals surface area contributed by atoms with E-state index >= 15 is 0 Å². The highest BCUT2D eigenvalue weighted by atomic mass is 32.2. The number of phenolic OH excluding ortho intramolecular Hbond substituents is 1. The molecule has 166 valence electrons. The van der Waals surface area contributed by atoms with Crippen LogP contribution in [0, 0.1) is 5.82 Å². The number of nitrogens with zero attached hydrogens (tertiary/aromatic N) is 2. The van der Waals surface area contributed by atoms with Crippen molar-refractivity contribution in [2.24, 2.45) is 0 Å². The number of sulfonamides is 1. The summed E-state index contributed by atoms with van der Waals surface area (Å²) in [6.45, 7) is 1.91. The minimum Gasteiger partial charge on any atom is -0.506 e. The predicted molar refractivity (Wildman–Crippen MR) is 120 cm³/mol. The highest BCUT2D eigenvalue weighted by Gasteiger charge is 2.26. The summed E-state index contributed by atoms with van der Waals surface area (Å²) in [5.41, 5.74) is 1.10. The van der Waals surface area contributed by atoms with Crippen LogP contribution < -0.4 is 9.62 Å². The number of amides is 1. The minimum absolute atomic E-state index is 0.0996. The molecule has 32 heavy (non-hydrogen) atoms. The number of piperazine rings is 1. The highest BCUT2D eigenvalue weighted by Crippen LogP contribution is 2.28. The summed E-state index contributed by atoms with van der Waals surface area (Å²) in [6, 6.07) is 17.9. The molecule has 0 bridgehead atoms. The smallest absolute Gasteiger partial charge is 0.261 e. The van der Waals surface area contributed by atoms with Gasteiger partial charge in [-0.2, -0.15) is 0 Å². The van der Waals surface area contributed by atoms with Crippen LogP contribution in [0.3, 0.4) is 0 Å². The van der Waals surface area contributed by atoms with Crippen molar-refractivity contribution < 1.29 is 22.7 Å². The molecule has 0 unspecified atom stereocenters. The van der Waals surface area contributed by atoms with Gasteiger partial charge in [0.25, 0.3) is 15.9 Å². The fraction of sp³-hybridized carbons (Fsp3) is 0.174. The number of rotatable bonds is 5. The normalized spacial score (nSPS) is 14.3. The SMILES string of the molecule is O=C(c1ccccc1NS(=O)(=O)c1ccc(F)cc1)N1CCN(c2ccccc2O)CC1. The standard InChI is InChI=1S/C23H22FN3O4S/c24-17-9-11-18(12-10-17)32(30,31)25-20-6-2-1-5-19(20)23(29)27-15-13-26(14-16-27)21-7-3-4-8-22(21)28/h1-12,25,28H,13-16H2. The number of hydrogen-bond acceptors (Lipinski definition) is 5. The van der Waals surface area contributed by atoms with E-state index in [1.807, 2.05) is 17.0 Å². The van der Waals surface area contributed by atoms with E-state index in [2.05, 4.69) is 4.72 Å². The Morgan fingerprint density at radius 2 is 1.50 bits per heavy atom. The number of phenols is 1. The number of carbonyl (C=O) groups excluding carboxylic acids is 1. The Labute approximate surface area is 185 Å². The van der Waals surface area contributed by atoms with Crippen LogP contribution in [0.5, 0.6) is 5.75 Å². The third kappa shape index (κ3) is 4.52. The number of halogens is 1. The Kier molecular flexibility index (Phi) is 6.00. The summed E-state index contributed by atoms with van der Waals surface area (Å²) in [5, 5.41) is 10.1. The van der Waals surface area contributed by atoms with Gasteiger partial charge >= 0.3 is 0 Å². The molecular formula is C23H22FN3O4S. The van der Waals surface area contributed by atoms with E-state index < -0.39 is 15.8 Å². The quantitative estimate of drug-likeness (QED) is 0.616. The number of hydrogen-bond donors (Lipinski definition) is 2. The third-order valence-electron chi connectivity index (χ3n) is 5.32. The van der Waals surface area contributed by atoms with Gasteiger partial charge in [-0.25, -0.2) is 12.8 Å². The molecule has 1 fully saturated rings. The lowest BCUT2D eigenvalue weighted by Gasteiger charge is -2.36. The fourth-order valence-electron chi connectivity index (χ4n) is 3.63. The largest absolute Gasteiger partial charge is 0.506 e. The molecule has 1 amide bonds. The van der Waals surface area contributed by atoms with Crippen LogP contribution >= 0.6 is 0 Å². The van der Waals surface area contributed by atoms with Gasteiger partial charge in [-0.3, -0.25) is 9.52 Å². The predicted octanol–water partition coefficient (Wildman–Crippen LogP) is 3.29. The first-order chi connectivity index (χ1) is 15.3. The second-order valence-corrected chi connectivity index (χ2v) is 9.06. The molecular weight excluding hydrogens is 433 g/mol.